The number of pyridine rings is 1. The van der Waals surface area contributed by atoms with E-state index in [1.54, 1.807) is 30.3 Å². The van der Waals surface area contributed by atoms with Crippen LogP contribution < -0.4 is 20.1 Å². The monoisotopic (exact) mass is 583 g/mol. The van der Waals surface area contributed by atoms with E-state index in [1.165, 1.54) is 18.2 Å². The lowest BCUT2D eigenvalue weighted by molar-refractivity contribution is 0.0803. The van der Waals surface area contributed by atoms with E-state index in [9.17, 15) is 14.0 Å². The number of anilines is 2. The molecule has 2 aliphatic rings. The van der Waals surface area contributed by atoms with E-state index in [0.717, 1.165) is 49.3 Å². The van der Waals surface area contributed by atoms with Crippen LogP contribution in [-0.4, -0.2) is 72.0 Å². The molecule has 0 bridgehead atoms. The summed E-state index contributed by atoms with van der Waals surface area (Å²) in [5.74, 6) is -0.419. The Morgan fingerprint density at radius 2 is 1.67 bits per heavy atom. The average molecular weight is 584 g/mol. The van der Waals surface area contributed by atoms with Gasteiger partial charge in [0.1, 0.15) is 19.0 Å². The van der Waals surface area contributed by atoms with E-state index in [1.807, 2.05) is 18.2 Å². The van der Waals surface area contributed by atoms with Gasteiger partial charge in [-0.1, -0.05) is 13.0 Å². The van der Waals surface area contributed by atoms with Crippen LogP contribution in [0.3, 0.4) is 0 Å². The van der Waals surface area contributed by atoms with Crippen molar-refractivity contribution in [3.63, 3.8) is 0 Å². The van der Waals surface area contributed by atoms with Crippen molar-refractivity contribution in [1.29, 1.82) is 0 Å². The van der Waals surface area contributed by atoms with Gasteiger partial charge in [-0.25, -0.2) is 4.39 Å². The molecule has 2 N–H and O–H groups in total. The number of carbonyl (C=O) groups is 2. The molecule has 43 heavy (non-hydrogen) atoms. The number of hydrogen-bond acceptors (Lipinski definition) is 7. The molecule has 0 saturated carbocycles. The summed E-state index contributed by atoms with van der Waals surface area (Å²) in [5.41, 5.74) is 2.80. The fraction of sp³-hybridized carbons (Fsp3) is 0.303. The highest BCUT2D eigenvalue weighted by atomic mass is 19.1. The second-order valence-corrected chi connectivity index (χ2v) is 10.9. The van der Waals surface area contributed by atoms with Gasteiger partial charge < -0.3 is 25.0 Å². The fourth-order valence-corrected chi connectivity index (χ4v) is 5.48. The first-order chi connectivity index (χ1) is 20.9. The Bertz CT molecular complexity index is 1680. The highest BCUT2D eigenvalue weighted by Gasteiger charge is 2.23. The second-order valence-electron chi connectivity index (χ2n) is 10.9. The van der Waals surface area contributed by atoms with Gasteiger partial charge in [0.05, 0.1) is 16.9 Å². The smallest absolute Gasteiger partial charge is 0.255 e. The third kappa shape index (κ3) is 6.45. The van der Waals surface area contributed by atoms with Crippen molar-refractivity contribution >= 4 is 34.1 Å². The minimum atomic E-state index is -0.619. The molecule has 1 aromatic heterocycles. The molecule has 0 unspecified atom stereocenters. The van der Waals surface area contributed by atoms with Gasteiger partial charge in [0, 0.05) is 54.4 Å². The maximum Gasteiger partial charge on any atom is 0.255 e. The van der Waals surface area contributed by atoms with E-state index in [-0.39, 0.29) is 5.69 Å². The summed E-state index contributed by atoms with van der Waals surface area (Å²) in [5, 5.41) is 6.20. The number of rotatable bonds is 7. The van der Waals surface area contributed by atoms with Gasteiger partial charge in [0.2, 0.25) is 0 Å². The number of aromatic nitrogens is 1. The molecule has 1 saturated heterocycles. The zero-order valence-corrected chi connectivity index (χ0v) is 24.2. The van der Waals surface area contributed by atoms with Gasteiger partial charge in [-0.15, -0.1) is 0 Å². The number of nitrogens with zero attached hydrogens (tertiary/aromatic N) is 3. The second kappa shape index (κ2) is 12.4. The topological polar surface area (TPSA) is 96.0 Å². The van der Waals surface area contributed by atoms with E-state index < -0.39 is 17.6 Å². The first-order valence-corrected chi connectivity index (χ1v) is 14.5. The normalized spacial score (nSPS) is 17.0. The van der Waals surface area contributed by atoms with Crippen molar-refractivity contribution in [2.75, 3.05) is 50.0 Å². The molecule has 2 amide bonds. The van der Waals surface area contributed by atoms with Gasteiger partial charge in [0.25, 0.3) is 11.8 Å². The summed E-state index contributed by atoms with van der Waals surface area (Å²) in [6.45, 7) is 10.3. The standard InChI is InChI=1S/C33H34FN5O4/c1-3-38-12-13-39(21(2)19-38)20-26-7-4-22-16-23(5-10-28(22)35-26)33(41)37-29-18-25(8-9-27(29)34)36-32(40)24-6-11-30-31(17-24)43-15-14-42-30/h4-11,16-18,21H,3,12-15,19-20H2,1-2H3,(H,36,40)(H,37,41)/t21-/m1/s1. The summed E-state index contributed by atoms with van der Waals surface area (Å²) in [6, 6.07) is 18.6. The van der Waals surface area contributed by atoms with E-state index in [4.69, 9.17) is 14.5 Å². The molecule has 222 valence electrons. The average Bonchev–Trinajstić information content (AvgIpc) is 3.03. The van der Waals surface area contributed by atoms with Crippen LogP contribution in [0.5, 0.6) is 11.5 Å². The highest BCUT2D eigenvalue weighted by Crippen LogP contribution is 2.31. The van der Waals surface area contributed by atoms with E-state index in [2.05, 4.69) is 34.3 Å². The molecule has 4 aromatic rings. The zero-order chi connectivity index (χ0) is 29.9. The Morgan fingerprint density at radius 1 is 0.907 bits per heavy atom. The number of amides is 2. The molecule has 0 aliphatic carbocycles. The Hall–Kier alpha value is -4.54. The number of nitrogens with one attached hydrogen (secondary N) is 2. The van der Waals surface area contributed by atoms with Gasteiger partial charge in [-0.05, 0) is 74.1 Å². The number of ether oxygens (including phenoxy) is 2. The van der Waals surface area contributed by atoms with Crippen molar-refractivity contribution in [3.8, 4) is 11.5 Å². The SMILES string of the molecule is CCN1CCN(Cc2ccc3cc(C(=O)Nc4cc(NC(=O)c5ccc6c(c5)OCCO6)ccc4F)ccc3n2)[C@H](C)C1. The number of piperazine rings is 1. The number of carbonyl (C=O) groups excluding carboxylic acids is 2. The van der Waals surface area contributed by atoms with Crippen molar-refractivity contribution in [2.45, 2.75) is 26.4 Å². The van der Waals surface area contributed by atoms with Crippen LogP contribution in [0.15, 0.2) is 66.7 Å². The van der Waals surface area contributed by atoms with Gasteiger partial charge >= 0.3 is 0 Å². The molecule has 1 fully saturated rings. The van der Waals surface area contributed by atoms with Crippen molar-refractivity contribution < 1.29 is 23.5 Å². The molecule has 3 heterocycles. The maximum absolute atomic E-state index is 14.7. The van der Waals surface area contributed by atoms with Crippen LogP contribution in [0.2, 0.25) is 0 Å². The highest BCUT2D eigenvalue weighted by molar-refractivity contribution is 6.07. The summed E-state index contributed by atoms with van der Waals surface area (Å²) in [7, 11) is 0. The number of halogens is 1. The van der Waals surface area contributed by atoms with Crippen LogP contribution in [-0.2, 0) is 6.54 Å². The Labute approximate surface area is 249 Å². The Kier molecular flexibility index (Phi) is 8.22. The number of fused-ring (bicyclic) bond motifs is 2. The van der Waals surface area contributed by atoms with E-state index >= 15 is 0 Å². The number of benzene rings is 3. The third-order valence-electron chi connectivity index (χ3n) is 7.95. The van der Waals surface area contributed by atoms with Crippen LogP contribution in [0.1, 0.15) is 40.3 Å². The molecule has 1 atom stereocenters. The summed E-state index contributed by atoms with van der Waals surface area (Å²) in [6.07, 6.45) is 0. The lowest BCUT2D eigenvalue weighted by atomic mass is 10.1. The molecule has 0 spiro atoms. The Morgan fingerprint density at radius 3 is 2.49 bits per heavy atom. The van der Waals surface area contributed by atoms with Crippen molar-refractivity contribution in [2.24, 2.45) is 0 Å². The number of hydrogen-bond donors (Lipinski definition) is 2. The van der Waals surface area contributed by atoms with E-state index in [0.29, 0.717) is 47.6 Å². The predicted molar refractivity (Wildman–Crippen MR) is 163 cm³/mol. The molecule has 3 aromatic carbocycles. The van der Waals surface area contributed by atoms with Crippen molar-refractivity contribution in [3.05, 3.63) is 89.4 Å². The largest absolute Gasteiger partial charge is 0.486 e. The fourth-order valence-electron chi connectivity index (χ4n) is 5.48. The summed E-state index contributed by atoms with van der Waals surface area (Å²) >= 11 is 0. The first kappa shape index (κ1) is 28.6. The van der Waals surface area contributed by atoms with Crippen LogP contribution in [0.25, 0.3) is 10.9 Å². The quantitative estimate of drug-likeness (QED) is 0.310. The van der Waals surface area contributed by atoms with Gasteiger partial charge in [-0.2, -0.15) is 0 Å². The molecule has 6 rings (SSSR count). The maximum atomic E-state index is 14.7. The minimum Gasteiger partial charge on any atom is -0.486 e. The lowest BCUT2D eigenvalue weighted by Gasteiger charge is -2.39. The molecular formula is C33H34FN5O4. The minimum absolute atomic E-state index is 0.0455. The predicted octanol–water partition coefficient (Wildman–Crippen LogP) is 5.18. The van der Waals surface area contributed by atoms with Crippen molar-refractivity contribution in [1.82, 2.24) is 14.8 Å². The molecular weight excluding hydrogens is 549 g/mol. The lowest BCUT2D eigenvalue weighted by Crippen LogP contribution is -2.51. The van der Waals surface area contributed by atoms with Crippen LogP contribution >= 0.6 is 0 Å². The molecule has 9 nitrogen and oxygen atoms in total. The van der Waals surface area contributed by atoms with Gasteiger partial charge in [0.15, 0.2) is 11.5 Å². The molecule has 2 aliphatic heterocycles. The number of likely N-dealkylation sites (N-methyl/N-ethyl adjacent to an activating group) is 1. The summed E-state index contributed by atoms with van der Waals surface area (Å²) < 4.78 is 25.7. The van der Waals surface area contributed by atoms with Crippen LogP contribution in [0.4, 0.5) is 15.8 Å². The Balaban J connectivity index is 1.12. The van der Waals surface area contributed by atoms with Crippen LogP contribution in [0, 0.1) is 5.82 Å². The first-order valence-electron chi connectivity index (χ1n) is 14.5. The third-order valence-corrected chi connectivity index (χ3v) is 7.95. The zero-order valence-electron chi connectivity index (χ0n) is 24.2. The molecule has 10 heteroatoms. The molecule has 0 radical (unpaired) electrons. The summed E-state index contributed by atoms with van der Waals surface area (Å²) in [4.78, 5) is 35.7. The van der Waals surface area contributed by atoms with Gasteiger partial charge in [-0.3, -0.25) is 19.5 Å².